The van der Waals surface area contributed by atoms with E-state index in [0.717, 1.165) is 48.3 Å². The van der Waals surface area contributed by atoms with E-state index >= 15 is 0 Å². The van der Waals surface area contributed by atoms with Gasteiger partial charge >= 0.3 is 0 Å². The Balaban J connectivity index is 1.81. The zero-order chi connectivity index (χ0) is 20.0. The van der Waals surface area contributed by atoms with Gasteiger partial charge in [0.2, 0.25) is 0 Å². The summed E-state index contributed by atoms with van der Waals surface area (Å²) in [5.74, 6) is 0.927. The van der Waals surface area contributed by atoms with Crippen LogP contribution in [0.2, 0.25) is 0 Å². The van der Waals surface area contributed by atoms with Crippen molar-refractivity contribution in [1.29, 1.82) is 0 Å². The minimum Gasteiger partial charge on any atom is -0.494 e. The smallest absolute Gasteiger partial charge is 0.175 e. The maximum atomic E-state index is 12.2. The van der Waals surface area contributed by atoms with Crippen molar-refractivity contribution in [2.24, 2.45) is 10.9 Å². The molecule has 0 fully saturated rings. The molecule has 6 heteroatoms. The number of carbonyl (C=O) groups is 1. The van der Waals surface area contributed by atoms with Crippen molar-refractivity contribution in [2.45, 2.75) is 27.7 Å². The Labute approximate surface area is 166 Å². The first-order chi connectivity index (χ1) is 13.4. The molecule has 0 spiro atoms. The highest BCUT2D eigenvalue weighted by molar-refractivity contribution is 7.12. The Morgan fingerprint density at radius 1 is 1.21 bits per heavy atom. The number of hydrogen-bond donors (Lipinski definition) is 2. The lowest BCUT2D eigenvalue weighted by molar-refractivity contribution is 0.0943. The van der Waals surface area contributed by atoms with E-state index in [1.54, 1.807) is 7.11 Å². The molecule has 0 aliphatic carbocycles. The molecule has 0 saturated carbocycles. The Bertz CT molecular complexity index is 1280. The summed E-state index contributed by atoms with van der Waals surface area (Å²) in [6, 6.07) is 5.97. The number of thiophene rings is 1. The van der Waals surface area contributed by atoms with E-state index in [1.165, 1.54) is 16.9 Å². The van der Waals surface area contributed by atoms with Gasteiger partial charge in [0.15, 0.2) is 5.78 Å². The number of aromatic nitrogens is 2. The Hall–Kier alpha value is -2.86. The Kier molecular flexibility index (Phi) is 4.59. The molecule has 0 aromatic carbocycles. The normalized spacial score (nSPS) is 15.6. The molecule has 3 aromatic heterocycles. The highest BCUT2D eigenvalue weighted by Gasteiger charge is 2.15. The molecule has 0 amide bonds. The lowest BCUT2D eigenvalue weighted by atomic mass is 10.1. The molecule has 28 heavy (non-hydrogen) atoms. The largest absolute Gasteiger partial charge is 0.494 e. The maximum absolute atomic E-state index is 12.2. The number of hydrogen-bond acceptors (Lipinski definition) is 4. The van der Waals surface area contributed by atoms with Crippen LogP contribution >= 0.6 is 11.3 Å². The van der Waals surface area contributed by atoms with E-state index in [4.69, 9.17) is 9.73 Å². The zero-order valence-corrected chi connectivity index (χ0v) is 17.5. The standard InChI is InChI=1S/C22H23N3O2S/c1-11(2)22(26)21-10-18-20(28-21)9-16(25-18)15-8-19(27-5)17(24-15)7-14-12(3)6-13(4)23-14/h6-11,23-24H,1-5H3. The van der Waals surface area contributed by atoms with Crippen LogP contribution in [-0.4, -0.2) is 22.9 Å². The first kappa shape index (κ1) is 18.5. The third-order valence-electron chi connectivity index (χ3n) is 4.80. The number of methoxy groups -OCH3 is 1. The van der Waals surface area contributed by atoms with Gasteiger partial charge in [-0.05, 0) is 43.7 Å². The van der Waals surface area contributed by atoms with Gasteiger partial charge in [-0.25, -0.2) is 4.99 Å². The first-order valence-electron chi connectivity index (χ1n) is 9.25. The summed E-state index contributed by atoms with van der Waals surface area (Å²) in [5.41, 5.74) is 4.21. The van der Waals surface area contributed by atoms with Crippen LogP contribution < -0.4 is 25.3 Å². The SMILES string of the molecule is COc1cc(=C2C=c3sc(C(=O)C(C)C)cc3=N2)[nH]c1=Cc1[nH]c(C)cc1C. The van der Waals surface area contributed by atoms with Gasteiger partial charge in [0.1, 0.15) is 5.75 Å². The van der Waals surface area contributed by atoms with Crippen LogP contribution in [0.1, 0.15) is 40.5 Å². The second-order valence-corrected chi connectivity index (χ2v) is 8.46. The minimum absolute atomic E-state index is 0.00641. The fourth-order valence-corrected chi connectivity index (χ4v) is 4.45. The summed E-state index contributed by atoms with van der Waals surface area (Å²) in [7, 11) is 1.66. The molecule has 0 unspecified atom stereocenters. The van der Waals surface area contributed by atoms with E-state index in [0.29, 0.717) is 0 Å². The van der Waals surface area contributed by atoms with E-state index in [2.05, 4.69) is 29.0 Å². The van der Waals surface area contributed by atoms with Gasteiger partial charge in [-0.15, -0.1) is 11.3 Å². The van der Waals surface area contributed by atoms with Crippen molar-refractivity contribution in [2.75, 3.05) is 7.11 Å². The monoisotopic (exact) mass is 393 g/mol. The molecule has 0 radical (unpaired) electrons. The lowest BCUT2D eigenvalue weighted by Gasteiger charge is -1.98. The van der Waals surface area contributed by atoms with Gasteiger partial charge in [-0.3, -0.25) is 4.79 Å². The second-order valence-electron chi connectivity index (χ2n) is 7.38. The predicted molar refractivity (Wildman–Crippen MR) is 113 cm³/mol. The molecular formula is C22H23N3O2S. The summed E-state index contributed by atoms with van der Waals surface area (Å²) in [6.45, 7) is 7.96. The molecule has 0 saturated heterocycles. The van der Waals surface area contributed by atoms with Crippen LogP contribution in [0, 0.1) is 19.8 Å². The zero-order valence-electron chi connectivity index (χ0n) is 16.6. The van der Waals surface area contributed by atoms with Gasteiger partial charge in [0, 0.05) is 23.4 Å². The number of rotatable bonds is 4. The number of aryl methyl sites for hydroxylation is 2. The molecule has 1 aliphatic rings. The van der Waals surface area contributed by atoms with Gasteiger partial charge in [-0.2, -0.15) is 0 Å². The highest BCUT2D eigenvalue weighted by atomic mass is 32.1. The number of fused-ring (bicyclic) bond motifs is 1. The summed E-state index contributed by atoms with van der Waals surface area (Å²) < 4.78 is 6.57. The number of carbonyl (C=O) groups excluding carboxylic acids is 1. The van der Waals surface area contributed by atoms with E-state index in [1.807, 2.05) is 39.0 Å². The summed E-state index contributed by atoms with van der Waals surface area (Å²) in [4.78, 5) is 24.5. The van der Waals surface area contributed by atoms with Crippen molar-refractivity contribution in [3.05, 3.63) is 60.6 Å². The quantitative estimate of drug-likeness (QED) is 0.665. The van der Waals surface area contributed by atoms with Crippen LogP contribution in [0.25, 0.3) is 17.8 Å². The molecule has 5 nitrogen and oxygen atoms in total. The number of nitrogens with zero attached hydrogens (tertiary/aromatic N) is 1. The number of H-pyrrole nitrogens is 2. The topological polar surface area (TPSA) is 70.2 Å². The molecule has 144 valence electrons. The van der Waals surface area contributed by atoms with Crippen molar-refractivity contribution >= 4 is 35.0 Å². The van der Waals surface area contributed by atoms with Crippen LogP contribution in [-0.2, 0) is 0 Å². The fraction of sp³-hybridized carbons (Fsp3) is 0.273. The van der Waals surface area contributed by atoms with Gasteiger partial charge in [0.25, 0.3) is 0 Å². The summed E-state index contributed by atoms with van der Waals surface area (Å²) in [6.07, 6.45) is 4.07. The molecule has 3 aromatic rings. The molecule has 4 heterocycles. The Morgan fingerprint density at radius 3 is 2.61 bits per heavy atom. The van der Waals surface area contributed by atoms with Crippen molar-refractivity contribution in [1.82, 2.24) is 9.97 Å². The number of aromatic amines is 2. The van der Waals surface area contributed by atoms with Crippen LogP contribution in [0.3, 0.4) is 0 Å². The number of Topliss-reactive ketones (excluding diaryl/α,β-unsaturated/α-hetero) is 1. The molecular weight excluding hydrogens is 370 g/mol. The summed E-state index contributed by atoms with van der Waals surface area (Å²) >= 11 is 1.50. The molecule has 0 bridgehead atoms. The third kappa shape index (κ3) is 3.24. The number of ether oxygens (including phenoxy) is 1. The first-order valence-corrected chi connectivity index (χ1v) is 10.1. The second kappa shape index (κ2) is 6.95. The molecule has 4 rings (SSSR count). The van der Waals surface area contributed by atoms with Crippen molar-refractivity contribution in [3.8, 4) is 5.75 Å². The van der Waals surface area contributed by atoms with E-state index in [-0.39, 0.29) is 11.7 Å². The molecule has 1 aliphatic heterocycles. The van der Waals surface area contributed by atoms with Crippen LogP contribution in [0.5, 0.6) is 5.75 Å². The van der Waals surface area contributed by atoms with Crippen molar-refractivity contribution in [3.63, 3.8) is 0 Å². The third-order valence-corrected chi connectivity index (χ3v) is 5.89. The van der Waals surface area contributed by atoms with Gasteiger partial charge in [0.05, 0.1) is 38.3 Å². The Morgan fingerprint density at radius 2 is 2.00 bits per heavy atom. The number of ketones is 1. The van der Waals surface area contributed by atoms with E-state index < -0.39 is 0 Å². The van der Waals surface area contributed by atoms with E-state index in [9.17, 15) is 4.79 Å². The van der Waals surface area contributed by atoms with Crippen LogP contribution in [0.15, 0.2) is 23.2 Å². The average molecular weight is 394 g/mol. The van der Waals surface area contributed by atoms with Gasteiger partial charge < -0.3 is 14.7 Å². The fourth-order valence-electron chi connectivity index (χ4n) is 3.33. The minimum atomic E-state index is -0.00641. The lowest BCUT2D eigenvalue weighted by Crippen LogP contribution is -2.13. The molecule has 0 atom stereocenters. The van der Waals surface area contributed by atoms with Crippen molar-refractivity contribution < 1.29 is 9.53 Å². The van der Waals surface area contributed by atoms with Gasteiger partial charge in [-0.1, -0.05) is 13.8 Å². The summed E-state index contributed by atoms with van der Waals surface area (Å²) in [5, 5.41) is 2.65. The maximum Gasteiger partial charge on any atom is 0.175 e. The van der Waals surface area contributed by atoms with Crippen LogP contribution in [0.4, 0.5) is 0 Å². The highest BCUT2D eigenvalue weighted by Crippen LogP contribution is 2.13. The number of nitrogens with one attached hydrogen (secondary N) is 2. The molecule has 2 N–H and O–H groups in total. The predicted octanol–water partition coefficient (Wildman–Crippen LogP) is 1.92. The average Bonchev–Trinajstić information content (AvgIpc) is 3.37.